The first-order valence-electron chi connectivity index (χ1n) is 6.05. The van der Waals surface area contributed by atoms with Crippen LogP contribution < -0.4 is 15.5 Å². The lowest BCUT2D eigenvalue weighted by atomic mass is 10.0. The van der Waals surface area contributed by atoms with Gasteiger partial charge >= 0.3 is 0 Å². The minimum Gasteiger partial charge on any atom is -0.378 e. The second-order valence-electron chi connectivity index (χ2n) is 4.73. The van der Waals surface area contributed by atoms with Crippen LogP contribution in [-0.2, 0) is 9.59 Å². The first kappa shape index (κ1) is 14.2. The Morgan fingerprint density at radius 2 is 1.75 bits per heavy atom. The van der Waals surface area contributed by atoms with Crippen molar-refractivity contribution in [2.45, 2.75) is 6.92 Å². The first-order valence-corrected chi connectivity index (χ1v) is 6.45. The zero-order valence-electron chi connectivity index (χ0n) is 11.5. The van der Waals surface area contributed by atoms with Crippen LogP contribution in [0.2, 0.25) is 0 Å². The Balaban J connectivity index is 2.37. The van der Waals surface area contributed by atoms with Gasteiger partial charge in [-0.2, -0.15) is 0 Å². The van der Waals surface area contributed by atoms with Gasteiger partial charge in [-0.3, -0.25) is 20.2 Å². The number of aryl methyl sites for hydroxylation is 1. The summed E-state index contributed by atoms with van der Waals surface area (Å²) in [7, 11) is 3.91. The summed E-state index contributed by atoms with van der Waals surface area (Å²) in [5.74, 6) is -0.954. The lowest BCUT2D eigenvalue weighted by Crippen LogP contribution is -2.51. The Kier molecular flexibility index (Phi) is 3.85. The number of carbonyl (C=O) groups is 2. The van der Waals surface area contributed by atoms with Crippen LogP contribution in [0.25, 0.3) is 6.08 Å². The average Bonchev–Trinajstić information content (AvgIpc) is 2.34. The lowest BCUT2D eigenvalue weighted by molar-refractivity contribution is -0.123. The molecular formula is C14H15N3O2S. The third-order valence-electron chi connectivity index (χ3n) is 3.01. The number of hydrogen-bond acceptors (Lipinski definition) is 4. The third kappa shape index (κ3) is 2.85. The largest absolute Gasteiger partial charge is 0.378 e. The van der Waals surface area contributed by atoms with Gasteiger partial charge in [0.1, 0.15) is 5.57 Å². The lowest BCUT2D eigenvalue weighted by Gasteiger charge is -2.17. The van der Waals surface area contributed by atoms with Gasteiger partial charge in [0.15, 0.2) is 5.11 Å². The van der Waals surface area contributed by atoms with E-state index in [1.807, 2.05) is 44.1 Å². The maximum Gasteiger partial charge on any atom is 0.263 e. The molecule has 1 aliphatic heterocycles. The molecule has 0 atom stereocenters. The highest BCUT2D eigenvalue weighted by Gasteiger charge is 2.25. The van der Waals surface area contributed by atoms with E-state index in [-0.39, 0.29) is 10.7 Å². The van der Waals surface area contributed by atoms with Crippen molar-refractivity contribution in [3.05, 3.63) is 34.9 Å². The second kappa shape index (κ2) is 5.42. The second-order valence-corrected chi connectivity index (χ2v) is 5.14. The van der Waals surface area contributed by atoms with E-state index in [0.29, 0.717) is 0 Å². The molecule has 1 aromatic carbocycles. The molecule has 1 heterocycles. The van der Waals surface area contributed by atoms with Crippen LogP contribution in [-0.4, -0.2) is 31.0 Å². The molecule has 0 aliphatic carbocycles. The minimum atomic E-state index is -0.477. The van der Waals surface area contributed by atoms with Crippen LogP contribution in [0.1, 0.15) is 11.1 Å². The van der Waals surface area contributed by atoms with Crippen molar-refractivity contribution < 1.29 is 9.59 Å². The quantitative estimate of drug-likeness (QED) is 0.484. The maximum absolute atomic E-state index is 11.8. The monoisotopic (exact) mass is 289 g/mol. The molecular weight excluding hydrogens is 274 g/mol. The van der Waals surface area contributed by atoms with Crippen molar-refractivity contribution in [2.24, 2.45) is 0 Å². The third-order valence-corrected chi connectivity index (χ3v) is 3.22. The van der Waals surface area contributed by atoms with Gasteiger partial charge in [-0.15, -0.1) is 0 Å². The van der Waals surface area contributed by atoms with E-state index in [1.165, 1.54) is 0 Å². The van der Waals surface area contributed by atoms with E-state index in [2.05, 4.69) is 10.6 Å². The zero-order valence-corrected chi connectivity index (χ0v) is 12.3. The first-order chi connectivity index (χ1) is 9.38. The summed E-state index contributed by atoms with van der Waals surface area (Å²) in [6.07, 6.45) is 1.57. The summed E-state index contributed by atoms with van der Waals surface area (Å²) >= 11 is 4.75. The SMILES string of the molecule is Cc1cc(N(C)C)ccc1C=C1C(=O)NC(=S)NC1=O. The number of nitrogens with zero attached hydrogens (tertiary/aromatic N) is 1. The van der Waals surface area contributed by atoms with Crippen LogP contribution in [0.3, 0.4) is 0 Å². The van der Waals surface area contributed by atoms with Crippen molar-refractivity contribution in [3.63, 3.8) is 0 Å². The molecule has 2 rings (SSSR count). The molecule has 0 spiro atoms. The van der Waals surface area contributed by atoms with E-state index < -0.39 is 11.8 Å². The van der Waals surface area contributed by atoms with E-state index in [4.69, 9.17) is 12.2 Å². The summed E-state index contributed by atoms with van der Waals surface area (Å²) in [5, 5.41) is 4.87. The Labute approximate surface area is 122 Å². The predicted molar refractivity (Wildman–Crippen MR) is 82.4 cm³/mol. The zero-order chi connectivity index (χ0) is 14.9. The number of nitrogens with one attached hydrogen (secondary N) is 2. The molecule has 2 N–H and O–H groups in total. The average molecular weight is 289 g/mol. The number of amides is 2. The summed E-state index contributed by atoms with van der Waals surface area (Å²) in [5.41, 5.74) is 2.92. The molecule has 1 saturated heterocycles. The Morgan fingerprint density at radius 1 is 1.15 bits per heavy atom. The van der Waals surface area contributed by atoms with Gasteiger partial charge in [-0.1, -0.05) is 6.07 Å². The van der Waals surface area contributed by atoms with Crippen LogP contribution in [0.5, 0.6) is 0 Å². The summed E-state index contributed by atoms with van der Waals surface area (Å²) in [6.45, 7) is 1.93. The molecule has 1 fully saturated rings. The standard InChI is InChI=1S/C14H15N3O2S/c1-8-6-10(17(2)3)5-4-9(8)7-11-12(18)15-14(20)16-13(11)19/h4-7H,1-3H3,(H2,15,16,18,19,20). The topological polar surface area (TPSA) is 61.4 Å². The Morgan fingerprint density at radius 3 is 2.25 bits per heavy atom. The fourth-order valence-corrected chi connectivity index (χ4v) is 2.05. The Hall–Kier alpha value is -2.21. The smallest absolute Gasteiger partial charge is 0.263 e. The van der Waals surface area contributed by atoms with Crippen molar-refractivity contribution >= 4 is 40.9 Å². The molecule has 2 amide bonds. The normalized spacial score (nSPS) is 14.8. The van der Waals surface area contributed by atoms with Crippen molar-refractivity contribution in [3.8, 4) is 0 Å². The van der Waals surface area contributed by atoms with Gasteiger partial charge < -0.3 is 4.90 Å². The molecule has 6 heteroatoms. The van der Waals surface area contributed by atoms with Crippen LogP contribution in [0.15, 0.2) is 23.8 Å². The van der Waals surface area contributed by atoms with Gasteiger partial charge in [0.05, 0.1) is 0 Å². The highest BCUT2D eigenvalue weighted by molar-refractivity contribution is 7.80. The molecule has 0 radical (unpaired) electrons. The maximum atomic E-state index is 11.8. The van der Waals surface area contributed by atoms with Crippen molar-refractivity contribution in [1.82, 2.24) is 10.6 Å². The highest BCUT2D eigenvalue weighted by Crippen LogP contribution is 2.20. The molecule has 1 aromatic rings. The van der Waals surface area contributed by atoms with E-state index in [1.54, 1.807) is 6.08 Å². The fraction of sp³-hybridized carbons (Fsp3) is 0.214. The van der Waals surface area contributed by atoms with Crippen molar-refractivity contribution in [2.75, 3.05) is 19.0 Å². The fourth-order valence-electron chi connectivity index (χ4n) is 1.86. The van der Waals surface area contributed by atoms with Gasteiger partial charge in [-0.05, 0) is 48.5 Å². The van der Waals surface area contributed by atoms with Gasteiger partial charge in [0.2, 0.25) is 0 Å². The molecule has 104 valence electrons. The number of hydrogen-bond donors (Lipinski definition) is 2. The molecule has 20 heavy (non-hydrogen) atoms. The number of benzene rings is 1. The number of thiocarbonyl (C=S) groups is 1. The molecule has 0 aromatic heterocycles. The summed E-state index contributed by atoms with van der Waals surface area (Å²) in [4.78, 5) is 25.5. The van der Waals surface area contributed by atoms with Crippen molar-refractivity contribution in [1.29, 1.82) is 0 Å². The minimum absolute atomic E-state index is 0.0387. The van der Waals surface area contributed by atoms with Gasteiger partial charge in [0.25, 0.3) is 11.8 Å². The van der Waals surface area contributed by atoms with Crippen LogP contribution in [0, 0.1) is 6.92 Å². The van der Waals surface area contributed by atoms with Gasteiger partial charge in [0, 0.05) is 19.8 Å². The molecule has 1 aliphatic rings. The van der Waals surface area contributed by atoms with E-state index in [0.717, 1.165) is 16.8 Å². The Bertz CT molecular complexity index is 613. The summed E-state index contributed by atoms with van der Waals surface area (Å²) in [6, 6.07) is 5.81. The molecule has 5 nitrogen and oxygen atoms in total. The molecule has 0 bridgehead atoms. The predicted octanol–water partition coefficient (Wildman–Crippen LogP) is 0.975. The number of anilines is 1. The molecule has 0 saturated carbocycles. The van der Waals surface area contributed by atoms with Gasteiger partial charge in [-0.25, -0.2) is 0 Å². The molecule has 0 unspecified atom stereocenters. The highest BCUT2D eigenvalue weighted by atomic mass is 32.1. The van der Waals surface area contributed by atoms with Crippen LogP contribution in [0.4, 0.5) is 5.69 Å². The number of carbonyl (C=O) groups excluding carboxylic acids is 2. The van der Waals surface area contributed by atoms with Crippen LogP contribution >= 0.6 is 12.2 Å². The van der Waals surface area contributed by atoms with E-state index in [9.17, 15) is 9.59 Å². The summed E-state index contributed by atoms with van der Waals surface area (Å²) < 4.78 is 0. The number of rotatable bonds is 2. The van der Waals surface area contributed by atoms with E-state index >= 15 is 0 Å².